The van der Waals surface area contributed by atoms with Gasteiger partial charge in [-0.1, -0.05) is 45.7 Å². The van der Waals surface area contributed by atoms with Gasteiger partial charge in [0.25, 0.3) is 5.91 Å². The molecule has 2 aromatic rings. The first-order valence-electron chi connectivity index (χ1n) is 17.5. The van der Waals surface area contributed by atoms with Gasteiger partial charge in [0.15, 0.2) is 0 Å². The highest BCUT2D eigenvalue weighted by molar-refractivity contribution is 7.91. The third kappa shape index (κ3) is 8.43. The first-order chi connectivity index (χ1) is 24.9. The zero-order chi connectivity index (χ0) is 40.2. The second kappa shape index (κ2) is 14.5. The van der Waals surface area contributed by atoms with E-state index in [1.165, 1.54) is 13.3 Å². The molecule has 0 unspecified atom stereocenters. The van der Waals surface area contributed by atoms with Crippen LogP contribution in [0.15, 0.2) is 24.4 Å². The molecule has 2 heterocycles. The molecule has 14 nitrogen and oxygen atoms in total. The van der Waals surface area contributed by atoms with E-state index in [1.807, 2.05) is 0 Å². The number of pyridine rings is 1. The number of nitrogens with one attached hydrogen (secondary N) is 3. The Morgan fingerprint density at radius 1 is 1.09 bits per heavy atom. The van der Waals surface area contributed by atoms with Gasteiger partial charge in [-0.05, 0) is 62.6 Å². The molecule has 1 aromatic carbocycles. The monoisotopic (exact) mass is 803 g/mol. The summed E-state index contributed by atoms with van der Waals surface area (Å²) in [4.78, 5) is 60.5. The van der Waals surface area contributed by atoms with Crippen LogP contribution in [-0.4, -0.2) is 96.5 Å². The predicted molar refractivity (Wildman–Crippen MR) is 190 cm³/mol. The number of alkyl halides is 3. The fourth-order valence-electron chi connectivity index (χ4n) is 6.50. The van der Waals surface area contributed by atoms with E-state index in [9.17, 15) is 40.8 Å². The van der Waals surface area contributed by atoms with Crippen LogP contribution in [0.3, 0.4) is 0 Å². The maximum absolute atomic E-state index is 14.4. The van der Waals surface area contributed by atoms with Gasteiger partial charge in [-0.25, -0.2) is 18.2 Å². The number of ether oxygens (including phenoxy) is 3. The van der Waals surface area contributed by atoms with Gasteiger partial charge in [0.1, 0.15) is 29.5 Å². The van der Waals surface area contributed by atoms with E-state index in [0.29, 0.717) is 54.7 Å². The van der Waals surface area contributed by atoms with E-state index in [0.717, 1.165) is 4.90 Å². The molecule has 54 heavy (non-hydrogen) atoms. The van der Waals surface area contributed by atoms with Gasteiger partial charge in [-0.3, -0.25) is 19.1 Å². The number of methoxy groups -OCH3 is 1. The van der Waals surface area contributed by atoms with Gasteiger partial charge in [-0.15, -0.1) is 0 Å². The highest BCUT2D eigenvalue weighted by Gasteiger charge is 2.62. The Morgan fingerprint density at radius 2 is 1.76 bits per heavy atom. The van der Waals surface area contributed by atoms with Crippen molar-refractivity contribution in [2.24, 2.45) is 11.3 Å². The SMILES string of the molecule is CC[C@@H]1C[C@]1(NC(=O)[C@@H]1C[C@@H](Oc2ncc(OC)c3ccc(Cl)cc23)CN1C(=O)[C@@H](NC(=O)OC(C)(C)C(F)(F)F)C(C)(C)C)C(=O)NS(=O)(=O)C1CC1. The van der Waals surface area contributed by atoms with Crippen molar-refractivity contribution in [1.82, 2.24) is 25.2 Å². The smallest absolute Gasteiger partial charge is 0.427 e. The summed E-state index contributed by atoms with van der Waals surface area (Å²) in [6.45, 7) is 7.56. The molecule has 5 atom stereocenters. The minimum Gasteiger partial charge on any atom is -0.494 e. The van der Waals surface area contributed by atoms with Crippen molar-refractivity contribution in [2.45, 2.75) is 114 Å². The van der Waals surface area contributed by atoms with Crippen molar-refractivity contribution in [3.05, 3.63) is 29.4 Å². The average Bonchev–Trinajstić information content (AvgIpc) is 3.99. The minimum atomic E-state index is -4.92. The Bertz CT molecular complexity index is 1940. The zero-order valence-corrected chi connectivity index (χ0v) is 32.5. The lowest BCUT2D eigenvalue weighted by molar-refractivity contribution is -0.244. The number of aromatic nitrogens is 1. The number of carbonyl (C=O) groups is 4. The maximum Gasteiger partial charge on any atom is 0.427 e. The summed E-state index contributed by atoms with van der Waals surface area (Å²) in [7, 11) is -2.49. The number of nitrogens with zero attached hydrogens (tertiary/aromatic N) is 2. The zero-order valence-electron chi connectivity index (χ0n) is 30.9. The Kier molecular flexibility index (Phi) is 11.1. The standard InChI is InChI=1S/C35H45ClF3N5O9S/c1-8-18-15-34(18,30(47)43-54(49,50)21-10-11-21)42-27(45)24-14-20(52-28-23-13-19(36)9-12-22(23)25(51-7)16-40-28)17-44(24)29(46)26(32(2,3)4)41-31(48)53-33(5,6)35(37,38)39/h9,12-13,16,18,20-21,24,26H,8,10-11,14-15,17H2,1-7H3,(H,41,48)(H,42,45)(H,43,47)/t18-,20-,24+,26-,34-/m1/s1. The topological polar surface area (TPSA) is 182 Å². The predicted octanol–water partition coefficient (Wildman–Crippen LogP) is 4.62. The number of fused-ring (bicyclic) bond motifs is 1. The number of sulfonamides is 1. The second-order valence-corrected chi connectivity index (χ2v) is 18.0. The highest BCUT2D eigenvalue weighted by Crippen LogP contribution is 2.47. The summed E-state index contributed by atoms with van der Waals surface area (Å²) < 4.78 is 84.6. The van der Waals surface area contributed by atoms with Crippen molar-refractivity contribution in [3.8, 4) is 11.6 Å². The van der Waals surface area contributed by atoms with Crippen LogP contribution < -0.4 is 24.8 Å². The van der Waals surface area contributed by atoms with Crippen LogP contribution in [0.2, 0.25) is 5.02 Å². The van der Waals surface area contributed by atoms with E-state index < -0.39 is 85.9 Å². The largest absolute Gasteiger partial charge is 0.494 e. The molecule has 1 saturated heterocycles. The molecule has 5 rings (SSSR count). The van der Waals surface area contributed by atoms with Crippen molar-refractivity contribution >= 4 is 56.2 Å². The van der Waals surface area contributed by atoms with Crippen molar-refractivity contribution in [2.75, 3.05) is 13.7 Å². The number of alkyl carbamates (subject to hydrolysis) is 1. The molecule has 2 saturated carbocycles. The second-order valence-electron chi connectivity index (χ2n) is 15.6. The van der Waals surface area contributed by atoms with E-state index >= 15 is 0 Å². The molecular weight excluding hydrogens is 759 g/mol. The molecular formula is C35H45ClF3N5O9S. The lowest BCUT2D eigenvalue weighted by Gasteiger charge is -2.36. The molecule has 3 fully saturated rings. The maximum atomic E-state index is 14.4. The number of likely N-dealkylation sites (tertiary alicyclic amines) is 1. The van der Waals surface area contributed by atoms with Gasteiger partial charge >= 0.3 is 12.3 Å². The Morgan fingerprint density at radius 3 is 2.31 bits per heavy atom. The Balaban J connectivity index is 1.46. The van der Waals surface area contributed by atoms with Gasteiger partial charge in [0.2, 0.25) is 33.3 Å². The minimum absolute atomic E-state index is 0.101. The Labute approximate surface area is 316 Å². The molecule has 0 spiro atoms. The number of carbonyl (C=O) groups excluding carboxylic acids is 4. The van der Waals surface area contributed by atoms with E-state index in [1.54, 1.807) is 45.9 Å². The molecule has 2 aliphatic carbocycles. The van der Waals surface area contributed by atoms with Crippen LogP contribution >= 0.6 is 11.6 Å². The molecule has 0 radical (unpaired) electrons. The van der Waals surface area contributed by atoms with Gasteiger partial charge in [-0.2, -0.15) is 13.2 Å². The van der Waals surface area contributed by atoms with Gasteiger partial charge < -0.3 is 29.7 Å². The van der Waals surface area contributed by atoms with Crippen LogP contribution in [-0.2, 0) is 29.1 Å². The van der Waals surface area contributed by atoms with E-state index in [4.69, 9.17) is 25.8 Å². The summed E-state index contributed by atoms with van der Waals surface area (Å²) in [5.41, 5.74) is -5.58. The van der Waals surface area contributed by atoms with Crippen molar-refractivity contribution in [3.63, 3.8) is 0 Å². The molecule has 0 bridgehead atoms. The van der Waals surface area contributed by atoms with Crippen LogP contribution in [0.4, 0.5) is 18.0 Å². The number of hydrogen-bond donors (Lipinski definition) is 3. The van der Waals surface area contributed by atoms with E-state index in [2.05, 4.69) is 20.3 Å². The van der Waals surface area contributed by atoms with E-state index in [-0.39, 0.29) is 25.3 Å². The van der Waals surface area contributed by atoms with Crippen LogP contribution in [0.1, 0.15) is 73.6 Å². The average molecular weight is 804 g/mol. The van der Waals surface area contributed by atoms with Crippen LogP contribution in [0.25, 0.3) is 10.8 Å². The molecule has 1 aromatic heterocycles. The lowest BCUT2D eigenvalue weighted by Crippen LogP contribution is -2.60. The Hall–Kier alpha value is -4.06. The highest BCUT2D eigenvalue weighted by atomic mass is 35.5. The fraction of sp³-hybridized carbons (Fsp3) is 0.629. The third-order valence-corrected chi connectivity index (χ3v) is 12.1. The summed E-state index contributed by atoms with van der Waals surface area (Å²) in [5, 5.41) is 5.75. The number of benzene rings is 1. The van der Waals surface area contributed by atoms with Gasteiger partial charge in [0, 0.05) is 22.2 Å². The first kappa shape index (κ1) is 41.1. The molecule has 3 aliphatic rings. The molecule has 19 heteroatoms. The third-order valence-electron chi connectivity index (χ3n) is 10.1. The van der Waals surface area contributed by atoms with Crippen molar-refractivity contribution in [1.29, 1.82) is 0 Å². The van der Waals surface area contributed by atoms with Crippen LogP contribution in [0, 0.1) is 11.3 Å². The lowest BCUT2D eigenvalue weighted by atomic mass is 9.85. The summed E-state index contributed by atoms with van der Waals surface area (Å²) in [5.74, 6) is -2.39. The van der Waals surface area contributed by atoms with Gasteiger partial charge in [0.05, 0.1) is 25.1 Å². The summed E-state index contributed by atoms with van der Waals surface area (Å²) >= 11 is 6.29. The number of amides is 4. The number of hydrogen-bond acceptors (Lipinski definition) is 10. The first-order valence-corrected chi connectivity index (χ1v) is 19.4. The normalized spacial score (nSPS) is 23.7. The molecule has 298 valence electrons. The number of rotatable bonds is 12. The molecule has 4 amide bonds. The summed E-state index contributed by atoms with van der Waals surface area (Å²) in [6, 6.07) is 2.11. The number of halogens is 4. The quantitative estimate of drug-likeness (QED) is 0.274. The molecule has 1 aliphatic heterocycles. The fourth-order valence-corrected chi connectivity index (χ4v) is 8.04. The van der Waals surface area contributed by atoms with Crippen LogP contribution in [0.5, 0.6) is 11.6 Å². The molecule has 3 N–H and O–H groups in total. The van der Waals surface area contributed by atoms with Crippen molar-refractivity contribution < 1.29 is 55.0 Å². The summed E-state index contributed by atoms with van der Waals surface area (Å²) in [6.07, 6.45) is -4.66.